The topological polar surface area (TPSA) is 20.2 Å². The third-order valence-electron chi connectivity index (χ3n) is 3.44. The monoisotopic (exact) mass is 190 g/mol. The normalized spacial score (nSPS) is 31.3. The van der Waals surface area contributed by atoms with Crippen LogP contribution in [0, 0.1) is 6.92 Å². The second-order valence-corrected chi connectivity index (χ2v) is 4.75. The molecule has 1 nitrogen and oxygen atoms in total. The van der Waals surface area contributed by atoms with E-state index in [0.717, 1.165) is 12.8 Å². The highest BCUT2D eigenvalue weighted by Crippen LogP contribution is 2.42. The van der Waals surface area contributed by atoms with Crippen molar-refractivity contribution in [1.29, 1.82) is 0 Å². The van der Waals surface area contributed by atoms with Crippen molar-refractivity contribution in [3.63, 3.8) is 0 Å². The molecular formula is C13H18O. The SMILES string of the molecule is Cc1cccc2c1[C@](C)(O)CCC2C. The minimum atomic E-state index is -0.618. The van der Waals surface area contributed by atoms with Crippen LogP contribution in [-0.2, 0) is 5.60 Å². The summed E-state index contributed by atoms with van der Waals surface area (Å²) in [4.78, 5) is 0. The maximum Gasteiger partial charge on any atom is 0.0874 e. The largest absolute Gasteiger partial charge is 0.385 e. The lowest BCUT2D eigenvalue weighted by atomic mass is 9.74. The minimum Gasteiger partial charge on any atom is -0.385 e. The Morgan fingerprint density at radius 3 is 2.79 bits per heavy atom. The van der Waals surface area contributed by atoms with E-state index in [9.17, 15) is 5.11 Å². The standard InChI is InChI=1S/C13H18O/c1-9-7-8-13(3,14)12-10(2)5-4-6-11(9)12/h4-6,9,14H,7-8H2,1-3H3/t9?,13-/m1/s1. The van der Waals surface area contributed by atoms with Gasteiger partial charge in [0.25, 0.3) is 0 Å². The Hall–Kier alpha value is -0.820. The average Bonchev–Trinajstić information content (AvgIpc) is 2.12. The van der Waals surface area contributed by atoms with Crippen LogP contribution in [0.1, 0.15) is 49.3 Å². The van der Waals surface area contributed by atoms with Gasteiger partial charge in [-0.15, -0.1) is 0 Å². The molecular weight excluding hydrogens is 172 g/mol. The van der Waals surface area contributed by atoms with E-state index in [2.05, 4.69) is 32.0 Å². The smallest absolute Gasteiger partial charge is 0.0874 e. The molecule has 2 atom stereocenters. The van der Waals surface area contributed by atoms with Crippen LogP contribution in [0.2, 0.25) is 0 Å². The van der Waals surface area contributed by atoms with Gasteiger partial charge in [0.1, 0.15) is 0 Å². The summed E-state index contributed by atoms with van der Waals surface area (Å²) in [6.45, 7) is 6.27. The summed E-state index contributed by atoms with van der Waals surface area (Å²) in [7, 11) is 0. The van der Waals surface area contributed by atoms with Crippen molar-refractivity contribution in [2.75, 3.05) is 0 Å². The fourth-order valence-electron chi connectivity index (χ4n) is 2.61. The van der Waals surface area contributed by atoms with E-state index in [1.807, 2.05) is 6.92 Å². The van der Waals surface area contributed by atoms with Crippen molar-refractivity contribution < 1.29 is 5.11 Å². The first-order valence-corrected chi connectivity index (χ1v) is 5.35. The number of aliphatic hydroxyl groups is 1. The molecule has 0 aromatic heterocycles. The molecule has 76 valence electrons. The van der Waals surface area contributed by atoms with Crippen LogP contribution in [0.5, 0.6) is 0 Å². The highest BCUT2D eigenvalue weighted by molar-refractivity contribution is 5.42. The van der Waals surface area contributed by atoms with Crippen molar-refractivity contribution in [2.24, 2.45) is 0 Å². The number of aryl methyl sites for hydroxylation is 1. The molecule has 2 rings (SSSR count). The number of hydrogen-bond acceptors (Lipinski definition) is 1. The van der Waals surface area contributed by atoms with Crippen LogP contribution in [0.3, 0.4) is 0 Å². The highest BCUT2D eigenvalue weighted by Gasteiger charge is 2.33. The molecule has 0 fully saturated rings. The molecule has 0 bridgehead atoms. The van der Waals surface area contributed by atoms with E-state index in [1.54, 1.807) is 0 Å². The summed E-state index contributed by atoms with van der Waals surface area (Å²) in [5, 5.41) is 10.3. The Balaban J connectivity index is 2.64. The fraction of sp³-hybridized carbons (Fsp3) is 0.538. The molecule has 0 aliphatic heterocycles. The lowest BCUT2D eigenvalue weighted by molar-refractivity contribution is 0.0347. The summed E-state index contributed by atoms with van der Waals surface area (Å²) < 4.78 is 0. The van der Waals surface area contributed by atoms with Crippen molar-refractivity contribution in [2.45, 2.75) is 45.1 Å². The van der Waals surface area contributed by atoms with E-state index >= 15 is 0 Å². The van der Waals surface area contributed by atoms with E-state index in [-0.39, 0.29) is 0 Å². The van der Waals surface area contributed by atoms with Gasteiger partial charge in [-0.25, -0.2) is 0 Å². The fourth-order valence-corrected chi connectivity index (χ4v) is 2.61. The van der Waals surface area contributed by atoms with E-state index in [1.165, 1.54) is 16.7 Å². The molecule has 1 N–H and O–H groups in total. The van der Waals surface area contributed by atoms with Gasteiger partial charge in [-0.05, 0) is 49.3 Å². The lowest BCUT2D eigenvalue weighted by Gasteiger charge is -2.35. The Bertz CT molecular complexity index is 352. The predicted molar refractivity (Wildman–Crippen MR) is 58.4 cm³/mol. The second kappa shape index (κ2) is 3.09. The molecule has 1 heteroatoms. The average molecular weight is 190 g/mol. The molecule has 0 heterocycles. The van der Waals surface area contributed by atoms with E-state index in [4.69, 9.17) is 0 Å². The zero-order valence-corrected chi connectivity index (χ0v) is 9.17. The second-order valence-electron chi connectivity index (χ2n) is 4.75. The molecule has 1 aromatic carbocycles. The number of benzene rings is 1. The van der Waals surface area contributed by atoms with E-state index < -0.39 is 5.60 Å². The highest BCUT2D eigenvalue weighted by atomic mass is 16.3. The molecule has 0 spiro atoms. The number of fused-ring (bicyclic) bond motifs is 1. The van der Waals surface area contributed by atoms with Crippen LogP contribution in [0.4, 0.5) is 0 Å². The molecule has 0 saturated heterocycles. The Morgan fingerprint density at radius 1 is 1.43 bits per heavy atom. The summed E-state index contributed by atoms with van der Waals surface area (Å²) in [5.41, 5.74) is 3.10. The summed E-state index contributed by atoms with van der Waals surface area (Å²) in [6, 6.07) is 6.33. The van der Waals surface area contributed by atoms with Crippen molar-refractivity contribution >= 4 is 0 Å². The van der Waals surface area contributed by atoms with Gasteiger partial charge >= 0.3 is 0 Å². The van der Waals surface area contributed by atoms with Crippen molar-refractivity contribution in [3.05, 3.63) is 34.9 Å². The Morgan fingerprint density at radius 2 is 2.14 bits per heavy atom. The van der Waals surface area contributed by atoms with Crippen LogP contribution >= 0.6 is 0 Å². The lowest BCUT2D eigenvalue weighted by Crippen LogP contribution is -2.29. The van der Waals surface area contributed by atoms with Gasteiger partial charge in [-0.1, -0.05) is 25.1 Å². The van der Waals surface area contributed by atoms with Crippen LogP contribution in [0.15, 0.2) is 18.2 Å². The molecule has 0 amide bonds. The van der Waals surface area contributed by atoms with E-state index in [0.29, 0.717) is 5.92 Å². The van der Waals surface area contributed by atoms with Crippen LogP contribution < -0.4 is 0 Å². The van der Waals surface area contributed by atoms with Gasteiger partial charge in [0, 0.05) is 0 Å². The molecule has 0 saturated carbocycles. The third-order valence-corrected chi connectivity index (χ3v) is 3.44. The number of hydrogen-bond donors (Lipinski definition) is 1. The van der Waals surface area contributed by atoms with Gasteiger partial charge in [0.2, 0.25) is 0 Å². The zero-order valence-electron chi connectivity index (χ0n) is 9.17. The van der Waals surface area contributed by atoms with Gasteiger partial charge in [0.15, 0.2) is 0 Å². The van der Waals surface area contributed by atoms with Crippen LogP contribution in [0.25, 0.3) is 0 Å². The van der Waals surface area contributed by atoms with Crippen LogP contribution in [-0.4, -0.2) is 5.11 Å². The first-order chi connectivity index (χ1) is 6.52. The molecule has 1 aromatic rings. The molecule has 1 aliphatic rings. The van der Waals surface area contributed by atoms with Gasteiger partial charge in [0.05, 0.1) is 5.60 Å². The van der Waals surface area contributed by atoms with Gasteiger partial charge in [-0.2, -0.15) is 0 Å². The molecule has 1 unspecified atom stereocenters. The predicted octanol–water partition coefficient (Wildman–Crippen LogP) is 3.10. The quantitative estimate of drug-likeness (QED) is 0.666. The Kier molecular flexibility index (Phi) is 2.15. The third kappa shape index (κ3) is 1.36. The maximum atomic E-state index is 10.3. The minimum absolute atomic E-state index is 0.588. The first-order valence-electron chi connectivity index (χ1n) is 5.35. The summed E-state index contributed by atoms with van der Waals surface area (Å²) in [5.74, 6) is 0.588. The van der Waals surface area contributed by atoms with Crippen molar-refractivity contribution in [3.8, 4) is 0 Å². The maximum absolute atomic E-state index is 10.3. The van der Waals surface area contributed by atoms with Gasteiger partial charge in [-0.3, -0.25) is 0 Å². The molecule has 14 heavy (non-hydrogen) atoms. The Labute approximate surface area is 85.8 Å². The molecule has 0 radical (unpaired) electrons. The summed E-state index contributed by atoms with van der Waals surface area (Å²) >= 11 is 0. The number of rotatable bonds is 0. The zero-order chi connectivity index (χ0) is 10.3. The summed E-state index contributed by atoms with van der Waals surface area (Å²) in [6.07, 6.45) is 1.97. The van der Waals surface area contributed by atoms with Gasteiger partial charge < -0.3 is 5.11 Å². The first kappa shape index (κ1) is 9.72. The molecule has 1 aliphatic carbocycles. The van der Waals surface area contributed by atoms with Crippen molar-refractivity contribution in [1.82, 2.24) is 0 Å².